The van der Waals surface area contributed by atoms with E-state index in [1.807, 2.05) is 0 Å². The molecule has 4 heteroatoms. The van der Waals surface area contributed by atoms with E-state index in [1.165, 1.54) is 0 Å². The molecule has 0 amide bonds. The first-order chi connectivity index (χ1) is 6.18. The van der Waals surface area contributed by atoms with E-state index in [-0.39, 0.29) is 18.1 Å². The molecule has 0 aromatic heterocycles. The van der Waals surface area contributed by atoms with E-state index in [0.717, 1.165) is 12.8 Å². The second kappa shape index (κ2) is 4.12. The lowest BCUT2D eigenvalue weighted by atomic mass is 9.79. The van der Waals surface area contributed by atoms with E-state index >= 15 is 0 Å². The van der Waals surface area contributed by atoms with Gasteiger partial charge in [-0.1, -0.05) is 12.4 Å². The van der Waals surface area contributed by atoms with Gasteiger partial charge in [0.15, 0.2) is 0 Å². The molecular formula is C9H16BNO2. The lowest BCUT2D eigenvalue weighted by Gasteiger charge is -2.28. The van der Waals surface area contributed by atoms with Crippen molar-refractivity contribution in [2.75, 3.05) is 6.61 Å². The highest BCUT2D eigenvalue weighted by molar-refractivity contribution is 6.11. The molecular weight excluding hydrogens is 165 g/mol. The molecule has 1 aliphatic rings. The Labute approximate surface area is 79.5 Å². The molecule has 0 aromatic rings. The predicted molar refractivity (Wildman–Crippen MR) is 53.5 cm³/mol. The monoisotopic (exact) mass is 181 g/mol. The highest BCUT2D eigenvalue weighted by Gasteiger charge is 2.43. The Morgan fingerprint density at radius 3 is 2.92 bits per heavy atom. The number of rotatable bonds is 3. The second-order valence-electron chi connectivity index (χ2n) is 3.97. The fraction of sp³-hybridized carbons (Fsp3) is 0.667. The molecule has 0 radical (unpaired) electrons. The molecule has 0 unspecified atom stereocenters. The van der Waals surface area contributed by atoms with Crippen molar-refractivity contribution in [1.29, 1.82) is 0 Å². The molecule has 72 valence electrons. The second-order valence-corrected chi connectivity index (χ2v) is 3.97. The summed E-state index contributed by atoms with van der Waals surface area (Å²) in [7, 11) is 2.11. The zero-order chi connectivity index (χ0) is 9.90. The average molecular weight is 181 g/mol. The van der Waals surface area contributed by atoms with E-state index in [0.29, 0.717) is 5.82 Å². The maximum atomic E-state index is 9.32. The summed E-state index contributed by atoms with van der Waals surface area (Å²) in [4.78, 5) is 0. The van der Waals surface area contributed by atoms with Crippen molar-refractivity contribution < 1.29 is 10.3 Å². The lowest BCUT2D eigenvalue weighted by molar-refractivity contribution is 0.0548. The molecule has 0 bridgehead atoms. The Bertz CT molecular complexity index is 228. The molecule has 3 N–H and O–H groups in total. The highest BCUT2D eigenvalue weighted by Crippen LogP contribution is 2.44. The normalized spacial score (nSPS) is 38.6. The predicted octanol–water partition coefficient (Wildman–Crippen LogP) is -0.131. The molecule has 3 atom stereocenters. The van der Waals surface area contributed by atoms with Crippen LogP contribution in [0.2, 0.25) is 5.82 Å². The molecule has 1 fully saturated rings. The summed E-state index contributed by atoms with van der Waals surface area (Å²) < 4.78 is 0. The molecule has 13 heavy (non-hydrogen) atoms. The van der Waals surface area contributed by atoms with E-state index in [4.69, 9.17) is 5.21 Å². The van der Waals surface area contributed by atoms with Crippen molar-refractivity contribution in [1.82, 2.24) is 5.48 Å². The first-order valence-electron chi connectivity index (χ1n) is 4.56. The molecule has 0 aromatic carbocycles. The summed E-state index contributed by atoms with van der Waals surface area (Å²) in [5.41, 5.74) is 4.58. The molecule has 0 spiro atoms. The average Bonchev–Trinajstić information content (AvgIpc) is 2.43. The van der Waals surface area contributed by atoms with Crippen molar-refractivity contribution in [3.05, 3.63) is 18.4 Å². The van der Waals surface area contributed by atoms with Crippen LogP contribution in [-0.2, 0) is 0 Å². The molecule has 3 nitrogen and oxygen atoms in total. The number of hydroxylamine groups is 1. The van der Waals surface area contributed by atoms with Gasteiger partial charge in [0, 0.05) is 11.5 Å². The van der Waals surface area contributed by atoms with Gasteiger partial charge >= 0.3 is 0 Å². The molecule has 0 aliphatic heterocycles. The van der Waals surface area contributed by atoms with Gasteiger partial charge in [-0.25, -0.2) is 5.48 Å². The number of nitrogens with one attached hydrogen (secondary N) is 1. The number of aliphatic hydroxyl groups excluding tert-OH is 1. The van der Waals surface area contributed by atoms with Gasteiger partial charge in [-0.3, -0.25) is 0 Å². The van der Waals surface area contributed by atoms with Gasteiger partial charge < -0.3 is 10.3 Å². The van der Waals surface area contributed by atoms with Gasteiger partial charge in [0.05, 0.1) is 6.61 Å². The molecule has 1 rings (SSSR count). The summed E-state index contributed by atoms with van der Waals surface area (Å²) in [5, 5.41) is 18.3. The van der Waals surface area contributed by atoms with Crippen LogP contribution in [0, 0.1) is 5.41 Å². The van der Waals surface area contributed by atoms with Crippen molar-refractivity contribution in [3.8, 4) is 0 Å². The van der Waals surface area contributed by atoms with Gasteiger partial charge in [0.1, 0.15) is 7.85 Å². The molecule has 1 saturated carbocycles. The number of aliphatic hydroxyl groups is 1. The van der Waals surface area contributed by atoms with Gasteiger partial charge in [-0.2, -0.15) is 0 Å². The molecule has 0 saturated heterocycles. The minimum absolute atomic E-state index is 0.0259. The highest BCUT2D eigenvalue weighted by atomic mass is 16.5. The van der Waals surface area contributed by atoms with E-state index in [1.54, 1.807) is 6.08 Å². The van der Waals surface area contributed by atoms with Gasteiger partial charge in [0.2, 0.25) is 0 Å². The van der Waals surface area contributed by atoms with Crippen LogP contribution < -0.4 is 5.48 Å². The van der Waals surface area contributed by atoms with Crippen LogP contribution in [0.1, 0.15) is 12.8 Å². The van der Waals surface area contributed by atoms with Crippen molar-refractivity contribution in [2.45, 2.75) is 24.7 Å². The third-order valence-corrected chi connectivity index (χ3v) is 2.90. The molecule has 1 aliphatic carbocycles. The lowest BCUT2D eigenvalue weighted by Crippen LogP contribution is -2.40. The topological polar surface area (TPSA) is 52.5 Å². The summed E-state index contributed by atoms with van der Waals surface area (Å²) in [6, 6.07) is -0.0817. The maximum absolute atomic E-state index is 9.32. The van der Waals surface area contributed by atoms with Crippen LogP contribution in [0.15, 0.2) is 18.4 Å². The van der Waals surface area contributed by atoms with Crippen molar-refractivity contribution >= 4 is 7.85 Å². The van der Waals surface area contributed by atoms with Crippen LogP contribution in [0.5, 0.6) is 0 Å². The Morgan fingerprint density at radius 1 is 1.77 bits per heavy atom. The summed E-state index contributed by atoms with van der Waals surface area (Å²) in [6.45, 7) is 3.54. The Balaban J connectivity index is 2.89. The Kier molecular flexibility index (Phi) is 3.34. The van der Waals surface area contributed by atoms with Gasteiger partial charge in [0.25, 0.3) is 0 Å². The van der Waals surface area contributed by atoms with Crippen LogP contribution in [0.3, 0.4) is 0 Å². The van der Waals surface area contributed by atoms with Gasteiger partial charge in [-0.05, 0) is 18.9 Å². The third-order valence-electron chi connectivity index (χ3n) is 2.90. The molecule has 0 heterocycles. The number of hydrogen-bond donors (Lipinski definition) is 3. The van der Waals surface area contributed by atoms with Crippen LogP contribution in [-0.4, -0.2) is 30.8 Å². The van der Waals surface area contributed by atoms with Crippen LogP contribution in [0.25, 0.3) is 0 Å². The zero-order valence-electron chi connectivity index (χ0n) is 7.95. The smallest absolute Gasteiger partial charge is 0.105 e. The zero-order valence-corrected chi connectivity index (χ0v) is 7.95. The summed E-state index contributed by atoms with van der Waals surface area (Å²) >= 11 is 0. The minimum Gasteiger partial charge on any atom is -0.395 e. The van der Waals surface area contributed by atoms with Gasteiger partial charge in [-0.15, -0.1) is 5.73 Å². The summed E-state index contributed by atoms with van der Waals surface area (Å²) in [6.07, 6.45) is 3.50. The van der Waals surface area contributed by atoms with E-state index in [9.17, 15) is 5.11 Å². The minimum atomic E-state index is -0.379. The maximum Gasteiger partial charge on any atom is 0.105 e. The standard InChI is InChI=1S/C9H16BNO2/c1-2-3-9(6-12)5-7(10)4-8(9)11-13/h3,7-8,11-13H,1,4-6,10H2/t7-,8+,9+/m0/s1. The van der Waals surface area contributed by atoms with Crippen molar-refractivity contribution in [3.63, 3.8) is 0 Å². The first kappa shape index (κ1) is 10.5. The Morgan fingerprint density at radius 2 is 2.46 bits per heavy atom. The van der Waals surface area contributed by atoms with Crippen LogP contribution >= 0.6 is 0 Å². The SMILES string of the molecule is B[C@H]1C[C@@H](NO)[C@@](C=C=C)(CO)C1. The number of hydrogen-bond acceptors (Lipinski definition) is 3. The van der Waals surface area contributed by atoms with E-state index < -0.39 is 0 Å². The largest absolute Gasteiger partial charge is 0.395 e. The van der Waals surface area contributed by atoms with Crippen LogP contribution in [0.4, 0.5) is 0 Å². The first-order valence-corrected chi connectivity index (χ1v) is 4.56. The fourth-order valence-electron chi connectivity index (χ4n) is 2.28. The van der Waals surface area contributed by atoms with Crippen molar-refractivity contribution in [2.24, 2.45) is 5.41 Å². The Hall–Kier alpha value is -0.535. The fourth-order valence-corrected chi connectivity index (χ4v) is 2.28. The quantitative estimate of drug-likeness (QED) is 0.323. The summed E-state index contributed by atoms with van der Waals surface area (Å²) in [5.74, 6) is 0.501. The third kappa shape index (κ3) is 1.87. The van der Waals surface area contributed by atoms with E-state index in [2.05, 4.69) is 25.6 Å².